The summed E-state index contributed by atoms with van der Waals surface area (Å²) in [5, 5.41) is 2.74. The second-order valence-electron chi connectivity index (χ2n) is 5.72. The fourth-order valence-electron chi connectivity index (χ4n) is 2.63. The van der Waals surface area contributed by atoms with E-state index in [2.05, 4.69) is 10.3 Å². The molecule has 2 aromatic carbocycles. The molecule has 1 heterocycles. The summed E-state index contributed by atoms with van der Waals surface area (Å²) in [6.45, 7) is 2.10. The van der Waals surface area contributed by atoms with Crippen molar-refractivity contribution in [2.75, 3.05) is 16.2 Å². The van der Waals surface area contributed by atoms with Gasteiger partial charge in [-0.15, -0.1) is 0 Å². The predicted molar refractivity (Wildman–Crippen MR) is 105 cm³/mol. The lowest BCUT2D eigenvalue weighted by Crippen LogP contribution is -2.30. The minimum absolute atomic E-state index is 0.162. The van der Waals surface area contributed by atoms with Gasteiger partial charge in [-0.05, 0) is 55.5 Å². The van der Waals surface area contributed by atoms with Crippen LogP contribution in [0.5, 0.6) is 0 Å². The Morgan fingerprint density at radius 3 is 2.19 bits per heavy atom. The van der Waals surface area contributed by atoms with E-state index in [1.807, 2.05) is 6.07 Å². The lowest BCUT2D eigenvalue weighted by molar-refractivity contribution is 0.102. The van der Waals surface area contributed by atoms with Crippen LogP contribution in [0.2, 0.25) is 0 Å². The molecule has 6 nitrogen and oxygen atoms in total. The van der Waals surface area contributed by atoms with Crippen LogP contribution in [0.3, 0.4) is 0 Å². The summed E-state index contributed by atoms with van der Waals surface area (Å²) in [6, 6.07) is 18.3. The Morgan fingerprint density at radius 2 is 1.59 bits per heavy atom. The Morgan fingerprint density at radius 1 is 0.963 bits per heavy atom. The second kappa shape index (κ2) is 8.01. The highest BCUT2D eigenvalue weighted by molar-refractivity contribution is 7.92. The van der Waals surface area contributed by atoms with Gasteiger partial charge in [0.1, 0.15) is 0 Å². The summed E-state index contributed by atoms with van der Waals surface area (Å²) in [5.41, 5.74) is 1.59. The summed E-state index contributed by atoms with van der Waals surface area (Å²) in [4.78, 5) is 16.2. The number of sulfonamides is 1. The molecule has 1 aromatic heterocycles. The normalized spacial score (nSPS) is 11.0. The summed E-state index contributed by atoms with van der Waals surface area (Å²) in [6.07, 6.45) is 3.07. The smallest absolute Gasteiger partial charge is 0.264 e. The van der Waals surface area contributed by atoms with Gasteiger partial charge in [-0.1, -0.05) is 18.2 Å². The topological polar surface area (TPSA) is 79.4 Å². The van der Waals surface area contributed by atoms with Gasteiger partial charge in [-0.3, -0.25) is 14.1 Å². The molecule has 3 rings (SSSR count). The highest BCUT2D eigenvalue weighted by Crippen LogP contribution is 2.24. The number of nitrogens with zero attached hydrogens (tertiary/aromatic N) is 2. The minimum atomic E-state index is -3.69. The second-order valence-corrected chi connectivity index (χ2v) is 7.58. The van der Waals surface area contributed by atoms with Crippen LogP contribution in [0.1, 0.15) is 17.3 Å². The Bertz CT molecular complexity index is 1010. The zero-order chi connectivity index (χ0) is 19.3. The van der Waals surface area contributed by atoms with Crippen molar-refractivity contribution in [1.29, 1.82) is 0 Å². The largest absolute Gasteiger partial charge is 0.322 e. The first-order chi connectivity index (χ1) is 13.0. The van der Waals surface area contributed by atoms with Gasteiger partial charge >= 0.3 is 0 Å². The molecule has 0 fully saturated rings. The summed E-state index contributed by atoms with van der Waals surface area (Å²) < 4.78 is 27.2. The van der Waals surface area contributed by atoms with Gasteiger partial charge in [-0.25, -0.2) is 8.42 Å². The molecule has 0 unspecified atom stereocenters. The number of carbonyl (C=O) groups excluding carboxylic acids is 1. The van der Waals surface area contributed by atoms with Crippen molar-refractivity contribution < 1.29 is 13.2 Å². The van der Waals surface area contributed by atoms with Crippen LogP contribution in [0, 0.1) is 0 Å². The number of rotatable bonds is 6. The van der Waals surface area contributed by atoms with Crippen LogP contribution in [-0.2, 0) is 10.0 Å². The standard InChI is InChI=1S/C20H19N3O3S/c1-2-23(18-6-4-3-5-7-18)27(25,26)19-10-8-17(9-11-19)22-20(24)16-12-14-21-15-13-16/h3-15H,2H2,1H3,(H,22,24). The molecule has 0 bridgehead atoms. The Labute approximate surface area is 158 Å². The van der Waals surface area contributed by atoms with E-state index in [0.29, 0.717) is 23.5 Å². The maximum absolute atomic E-state index is 13.0. The van der Waals surface area contributed by atoms with Gasteiger partial charge in [0.05, 0.1) is 10.6 Å². The molecule has 7 heteroatoms. The van der Waals surface area contributed by atoms with Crippen molar-refractivity contribution in [3.8, 4) is 0 Å². The van der Waals surface area contributed by atoms with Crippen LogP contribution in [0.25, 0.3) is 0 Å². The van der Waals surface area contributed by atoms with Gasteiger partial charge in [-0.2, -0.15) is 0 Å². The molecular formula is C20H19N3O3S. The molecule has 0 spiro atoms. The van der Waals surface area contributed by atoms with Gasteiger partial charge in [0, 0.05) is 30.2 Å². The zero-order valence-electron chi connectivity index (χ0n) is 14.7. The molecule has 138 valence electrons. The maximum atomic E-state index is 13.0. The molecule has 1 amide bonds. The van der Waals surface area contributed by atoms with E-state index in [0.717, 1.165) is 0 Å². The lowest BCUT2D eigenvalue weighted by atomic mass is 10.2. The SMILES string of the molecule is CCN(c1ccccc1)S(=O)(=O)c1ccc(NC(=O)c2ccncc2)cc1. The fourth-order valence-corrected chi connectivity index (χ4v) is 4.10. The first-order valence-corrected chi connectivity index (χ1v) is 9.85. The lowest BCUT2D eigenvalue weighted by Gasteiger charge is -2.23. The Kier molecular flexibility index (Phi) is 5.52. The van der Waals surface area contributed by atoms with E-state index in [4.69, 9.17) is 0 Å². The van der Waals surface area contributed by atoms with E-state index in [1.165, 1.54) is 28.8 Å². The van der Waals surface area contributed by atoms with Crippen molar-refractivity contribution >= 4 is 27.3 Å². The van der Waals surface area contributed by atoms with Crippen LogP contribution in [0.15, 0.2) is 84.0 Å². The third-order valence-electron chi connectivity index (χ3n) is 3.97. The monoisotopic (exact) mass is 381 g/mol. The van der Waals surface area contributed by atoms with Crippen LogP contribution >= 0.6 is 0 Å². The molecule has 1 N–H and O–H groups in total. The molecular weight excluding hydrogens is 362 g/mol. The number of hydrogen-bond donors (Lipinski definition) is 1. The van der Waals surface area contributed by atoms with Crippen molar-refractivity contribution in [2.24, 2.45) is 0 Å². The Balaban J connectivity index is 1.81. The highest BCUT2D eigenvalue weighted by atomic mass is 32.2. The minimum Gasteiger partial charge on any atom is -0.322 e. The molecule has 0 aliphatic carbocycles. The zero-order valence-corrected chi connectivity index (χ0v) is 15.6. The van der Waals surface area contributed by atoms with Gasteiger partial charge in [0.2, 0.25) is 0 Å². The van der Waals surface area contributed by atoms with Crippen molar-refractivity contribution in [1.82, 2.24) is 4.98 Å². The third kappa shape index (κ3) is 4.15. The molecule has 0 aliphatic heterocycles. The number of carbonyl (C=O) groups is 1. The Hall–Kier alpha value is -3.19. The first-order valence-electron chi connectivity index (χ1n) is 8.41. The van der Waals surface area contributed by atoms with Crippen molar-refractivity contribution in [3.05, 3.63) is 84.7 Å². The van der Waals surface area contributed by atoms with Gasteiger partial charge in [0.15, 0.2) is 0 Å². The van der Waals surface area contributed by atoms with Crippen LogP contribution in [0.4, 0.5) is 11.4 Å². The van der Waals surface area contributed by atoms with E-state index in [9.17, 15) is 13.2 Å². The fraction of sp³-hybridized carbons (Fsp3) is 0.100. The quantitative estimate of drug-likeness (QED) is 0.708. The summed E-state index contributed by atoms with van der Waals surface area (Å²) in [7, 11) is -3.69. The number of benzene rings is 2. The van der Waals surface area contributed by atoms with E-state index >= 15 is 0 Å². The molecule has 0 atom stereocenters. The predicted octanol–water partition coefficient (Wildman–Crippen LogP) is 3.55. The van der Waals surface area contributed by atoms with E-state index in [-0.39, 0.29) is 10.8 Å². The summed E-state index contributed by atoms with van der Waals surface area (Å²) in [5.74, 6) is -0.285. The number of pyridine rings is 1. The number of hydrogen-bond acceptors (Lipinski definition) is 4. The number of aromatic nitrogens is 1. The number of para-hydroxylation sites is 1. The molecule has 0 aliphatic rings. The number of nitrogens with one attached hydrogen (secondary N) is 1. The molecule has 3 aromatic rings. The van der Waals surface area contributed by atoms with Crippen molar-refractivity contribution in [3.63, 3.8) is 0 Å². The van der Waals surface area contributed by atoms with Crippen molar-refractivity contribution in [2.45, 2.75) is 11.8 Å². The summed E-state index contributed by atoms with van der Waals surface area (Å²) >= 11 is 0. The van der Waals surface area contributed by atoms with Crippen LogP contribution < -0.4 is 9.62 Å². The van der Waals surface area contributed by atoms with E-state index in [1.54, 1.807) is 55.5 Å². The first kappa shape index (κ1) is 18.6. The average molecular weight is 381 g/mol. The van der Waals surface area contributed by atoms with Gasteiger partial charge < -0.3 is 5.32 Å². The van der Waals surface area contributed by atoms with Gasteiger partial charge in [0.25, 0.3) is 15.9 Å². The van der Waals surface area contributed by atoms with Crippen LogP contribution in [-0.4, -0.2) is 25.9 Å². The molecule has 0 radical (unpaired) electrons. The third-order valence-corrected chi connectivity index (χ3v) is 5.89. The molecule has 27 heavy (non-hydrogen) atoms. The number of anilines is 2. The number of amides is 1. The van der Waals surface area contributed by atoms with E-state index < -0.39 is 10.0 Å². The average Bonchev–Trinajstić information content (AvgIpc) is 2.70. The highest BCUT2D eigenvalue weighted by Gasteiger charge is 2.23. The molecule has 0 saturated heterocycles. The molecule has 0 saturated carbocycles. The maximum Gasteiger partial charge on any atom is 0.264 e.